The number of aromatic amines is 1. The zero-order valence-electron chi connectivity index (χ0n) is 14.9. The van der Waals surface area contributed by atoms with Crippen LogP contribution in [0.5, 0.6) is 0 Å². The molecule has 0 saturated heterocycles. The lowest BCUT2D eigenvalue weighted by atomic mass is 10.1. The Kier molecular flexibility index (Phi) is 4.03. The van der Waals surface area contributed by atoms with E-state index in [1.54, 1.807) is 23.6 Å². The van der Waals surface area contributed by atoms with Gasteiger partial charge in [0.2, 0.25) is 0 Å². The largest absolute Gasteiger partial charge is 0.305 e. The number of benzene rings is 2. The van der Waals surface area contributed by atoms with Gasteiger partial charge in [0.15, 0.2) is 0 Å². The molecule has 0 amide bonds. The van der Waals surface area contributed by atoms with E-state index in [4.69, 9.17) is 0 Å². The molecule has 136 valence electrons. The molecule has 2 heterocycles. The third-order valence-corrected chi connectivity index (χ3v) is 4.90. The SMILES string of the molecule is Cc1c2c(=O)n(-c3ccccc3)[nH]c2cc(=O)n1C(C)c1ccc(F)cc1. The summed E-state index contributed by atoms with van der Waals surface area (Å²) in [6, 6.07) is 16.3. The first-order valence-corrected chi connectivity index (χ1v) is 8.65. The maximum atomic E-state index is 13.2. The van der Waals surface area contributed by atoms with Crippen LogP contribution in [-0.2, 0) is 0 Å². The Bertz CT molecular complexity index is 1230. The van der Waals surface area contributed by atoms with Crippen molar-refractivity contribution in [3.8, 4) is 5.69 Å². The summed E-state index contributed by atoms with van der Waals surface area (Å²) in [7, 11) is 0. The minimum absolute atomic E-state index is 0.214. The molecule has 4 aromatic rings. The highest BCUT2D eigenvalue weighted by Crippen LogP contribution is 2.21. The fourth-order valence-corrected chi connectivity index (χ4v) is 3.52. The molecule has 1 atom stereocenters. The number of aromatic nitrogens is 3. The first-order valence-electron chi connectivity index (χ1n) is 8.65. The number of halogens is 1. The fraction of sp³-hybridized carbons (Fsp3) is 0.143. The van der Waals surface area contributed by atoms with E-state index in [9.17, 15) is 14.0 Å². The van der Waals surface area contributed by atoms with Gasteiger partial charge in [0, 0.05) is 11.8 Å². The summed E-state index contributed by atoms with van der Waals surface area (Å²) in [5.41, 5.74) is 2.12. The van der Waals surface area contributed by atoms with Crippen LogP contribution in [0.15, 0.2) is 70.3 Å². The van der Waals surface area contributed by atoms with E-state index in [2.05, 4.69) is 5.10 Å². The number of rotatable bonds is 3. The molecule has 0 aliphatic rings. The summed E-state index contributed by atoms with van der Waals surface area (Å²) in [5.74, 6) is -0.332. The third kappa shape index (κ3) is 2.79. The van der Waals surface area contributed by atoms with Crippen LogP contribution in [0.1, 0.15) is 24.2 Å². The highest BCUT2D eigenvalue weighted by Gasteiger charge is 2.19. The number of hydrogen-bond donors (Lipinski definition) is 1. The monoisotopic (exact) mass is 363 g/mol. The van der Waals surface area contributed by atoms with Crippen molar-refractivity contribution in [1.82, 2.24) is 14.3 Å². The smallest absolute Gasteiger partial charge is 0.280 e. The molecule has 0 radical (unpaired) electrons. The second kappa shape index (κ2) is 6.39. The lowest BCUT2D eigenvalue weighted by molar-refractivity contribution is 0.594. The van der Waals surface area contributed by atoms with Crippen molar-refractivity contribution in [1.29, 1.82) is 0 Å². The van der Waals surface area contributed by atoms with E-state index >= 15 is 0 Å². The molecule has 4 rings (SSSR count). The molecule has 2 aromatic carbocycles. The van der Waals surface area contributed by atoms with Crippen LogP contribution in [-0.4, -0.2) is 14.3 Å². The number of para-hydroxylation sites is 1. The number of hydrogen-bond acceptors (Lipinski definition) is 2. The van der Waals surface area contributed by atoms with Crippen LogP contribution in [0, 0.1) is 12.7 Å². The highest BCUT2D eigenvalue weighted by molar-refractivity contribution is 5.80. The van der Waals surface area contributed by atoms with Crippen molar-refractivity contribution in [3.05, 3.63) is 98.4 Å². The Balaban J connectivity index is 1.93. The number of H-pyrrole nitrogens is 1. The lowest BCUT2D eigenvalue weighted by Gasteiger charge is -2.18. The molecule has 2 aromatic heterocycles. The molecule has 1 unspecified atom stereocenters. The first kappa shape index (κ1) is 17.0. The average molecular weight is 363 g/mol. The molecule has 0 fully saturated rings. The van der Waals surface area contributed by atoms with E-state index in [-0.39, 0.29) is 23.0 Å². The van der Waals surface area contributed by atoms with Gasteiger partial charge in [-0.1, -0.05) is 30.3 Å². The second-order valence-corrected chi connectivity index (χ2v) is 6.54. The highest BCUT2D eigenvalue weighted by atomic mass is 19.1. The minimum atomic E-state index is -0.332. The number of aryl methyl sites for hydroxylation is 1. The topological polar surface area (TPSA) is 59.8 Å². The summed E-state index contributed by atoms with van der Waals surface area (Å²) < 4.78 is 16.2. The maximum absolute atomic E-state index is 13.2. The Morgan fingerprint density at radius 2 is 1.67 bits per heavy atom. The Labute approximate surface area is 154 Å². The summed E-state index contributed by atoms with van der Waals surface area (Å²) in [6.07, 6.45) is 0. The summed E-state index contributed by atoms with van der Waals surface area (Å²) >= 11 is 0. The zero-order chi connectivity index (χ0) is 19.1. The van der Waals surface area contributed by atoms with Gasteiger partial charge in [-0.05, 0) is 43.7 Å². The molecular weight excluding hydrogens is 345 g/mol. The normalized spacial score (nSPS) is 12.4. The van der Waals surface area contributed by atoms with Gasteiger partial charge < -0.3 is 4.57 Å². The van der Waals surface area contributed by atoms with Crippen LogP contribution >= 0.6 is 0 Å². The van der Waals surface area contributed by atoms with Crippen molar-refractivity contribution >= 4 is 10.9 Å². The van der Waals surface area contributed by atoms with E-state index in [1.807, 2.05) is 37.3 Å². The molecule has 0 bridgehead atoms. The van der Waals surface area contributed by atoms with Crippen molar-refractivity contribution < 1.29 is 4.39 Å². The van der Waals surface area contributed by atoms with Gasteiger partial charge in [0.1, 0.15) is 5.82 Å². The van der Waals surface area contributed by atoms with Gasteiger partial charge in [-0.2, -0.15) is 0 Å². The van der Waals surface area contributed by atoms with Crippen LogP contribution in [0.3, 0.4) is 0 Å². The molecule has 5 nitrogen and oxygen atoms in total. The quantitative estimate of drug-likeness (QED) is 0.605. The molecular formula is C21H18FN3O2. The van der Waals surface area contributed by atoms with Gasteiger partial charge in [0.05, 0.1) is 22.6 Å². The summed E-state index contributed by atoms with van der Waals surface area (Å²) in [4.78, 5) is 25.7. The van der Waals surface area contributed by atoms with Crippen molar-refractivity contribution in [2.45, 2.75) is 19.9 Å². The van der Waals surface area contributed by atoms with Gasteiger partial charge in [-0.25, -0.2) is 9.07 Å². The van der Waals surface area contributed by atoms with Crippen LogP contribution in [0.4, 0.5) is 4.39 Å². The number of fused-ring (bicyclic) bond motifs is 1. The standard InChI is InChI=1S/C21H18FN3O2/c1-13(15-8-10-16(22)11-9-15)24-14(2)20-18(12-19(24)26)23-25(21(20)27)17-6-4-3-5-7-17/h3-13,23H,1-2H3. The Hall–Kier alpha value is -3.41. The zero-order valence-corrected chi connectivity index (χ0v) is 14.9. The molecule has 6 heteroatoms. The van der Waals surface area contributed by atoms with Gasteiger partial charge >= 0.3 is 0 Å². The number of nitrogens with one attached hydrogen (secondary N) is 1. The van der Waals surface area contributed by atoms with Gasteiger partial charge in [-0.3, -0.25) is 14.7 Å². The van der Waals surface area contributed by atoms with Crippen molar-refractivity contribution in [2.75, 3.05) is 0 Å². The van der Waals surface area contributed by atoms with E-state index in [0.717, 1.165) is 5.56 Å². The number of nitrogens with zero attached hydrogens (tertiary/aromatic N) is 2. The van der Waals surface area contributed by atoms with E-state index in [0.29, 0.717) is 22.3 Å². The third-order valence-electron chi connectivity index (χ3n) is 4.90. The van der Waals surface area contributed by atoms with E-state index in [1.165, 1.54) is 22.9 Å². The predicted octanol–water partition coefficient (Wildman–Crippen LogP) is 3.54. The molecule has 0 aliphatic heterocycles. The van der Waals surface area contributed by atoms with Crippen molar-refractivity contribution in [3.63, 3.8) is 0 Å². The van der Waals surface area contributed by atoms with Crippen LogP contribution in [0.2, 0.25) is 0 Å². The Morgan fingerprint density at radius 3 is 2.33 bits per heavy atom. The Morgan fingerprint density at radius 1 is 1.00 bits per heavy atom. The molecule has 0 saturated carbocycles. The molecule has 0 spiro atoms. The first-order chi connectivity index (χ1) is 13.0. The molecule has 0 aliphatic carbocycles. The lowest BCUT2D eigenvalue weighted by Crippen LogP contribution is -2.26. The molecule has 1 N–H and O–H groups in total. The fourth-order valence-electron chi connectivity index (χ4n) is 3.52. The second-order valence-electron chi connectivity index (χ2n) is 6.54. The van der Waals surface area contributed by atoms with Crippen LogP contribution < -0.4 is 11.1 Å². The molecule has 27 heavy (non-hydrogen) atoms. The minimum Gasteiger partial charge on any atom is -0.305 e. The van der Waals surface area contributed by atoms with Crippen molar-refractivity contribution in [2.24, 2.45) is 0 Å². The predicted molar refractivity (Wildman–Crippen MR) is 103 cm³/mol. The number of pyridine rings is 1. The van der Waals surface area contributed by atoms with Gasteiger partial charge in [-0.15, -0.1) is 0 Å². The van der Waals surface area contributed by atoms with Gasteiger partial charge in [0.25, 0.3) is 11.1 Å². The van der Waals surface area contributed by atoms with E-state index < -0.39 is 0 Å². The maximum Gasteiger partial charge on any atom is 0.280 e. The van der Waals surface area contributed by atoms with Crippen LogP contribution in [0.25, 0.3) is 16.6 Å². The summed E-state index contributed by atoms with van der Waals surface area (Å²) in [5, 5.41) is 3.48. The average Bonchev–Trinajstić information content (AvgIpc) is 2.99. The summed E-state index contributed by atoms with van der Waals surface area (Å²) in [6.45, 7) is 3.62.